The highest BCUT2D eigenvalue weighted by Crippen LogP contribution is 2.14. The zero-order chi connectivity index (χ0) is 23.8. The van der Waals surface area contributed by atoms with Gasteiger partial charge in [0, 0.05) is 10.5 Å². The molecule has 5 nitrogen and oxygen atoms in total. The van der Waals surface area contributed by atoms with Crippen molar-refractivity contribution >= 4 is 11.9 Å². The first-order chi connectivity index (χ1) is 14.4. The summed E-state index contributed by atoms with van der Waals surface area (Å²) in [4.78, 5) is 23.0. The largest absolute Gasteiger partial charge is 1.00 e. The lowest BCUT2D eigenvalue weighted by Gasteiger charge is -2.28. The number of aliphatic carboxylic acids is 1. The van der Waals surface area contributed by atoms with Crippen LogP contribution in [0, 0.1) is 0 Å². The molecule has 0 heterocycles. The number of quaternary nitrogens is 1. The Kier molecular flexibility index (Phi) is 16.2. The van der Waals surface area contributed by atoms with E-state index in [4.69, 9.17) is 14.0 Å². The minimum absolute atomic E-state index is 0. The van der Waals surface area contributed by atoms with Crippen molar-refractivity contribution in [1.82, 2.24) is 0 Å². The number of likely N-dealkylation sites (N-methyl/N-ethyl adjacent to an activating group) is 1. The molecule has 0 aromatic rings. The smallest absolute Gasteiger partial charge is 0.307 e. The quantitative estimate of drug-likeness (QED) is 0.191. The second kappa shape index (κ2) is 19.2. The highest BCUT2D eigenvalue weighted by Gasteiger charge is 2.24. The number of ether oxygens (including phenoxy) is 1. The Morgan fingerprint density at radius 1 is 0.862 bits per heavy atom. The molecular weight excluding hydrogens is 390 g/mol. The van der Waals surface area contributed by atoms with Crippen LogP contribution in [0.3, 0.4) is 0 Å². The molecule has 0 amide bonds. The summed E-state index contributed by atoms with van der Waals surface area (Å²) in [6.07, 6.45) is 13.1. The van der Waals surface area contributed by atoms with E-state index in [2.05, 4.69) is 0 Å². The van der Waals surface area contributed by atoms with Crippen molar-refractivity contribution < 1.29 is 40.4 Å². The first-order valence-corrected chi connectivity index (χ1v) is 11.1. The van der Waals surface area contributed by atoms with Crippen molar-refractivity contribution in [1.29, 1.82) is 0 Å². The molecule has 29 heavy (non-hydrogen) atoms. The van der Waals surface area contributed by atoms with Gasteiger partial charge in [-0.2, -0.15) is 0 Å². The van der Waals surface area contributed by atoms with Crippen LogP contribution < -0.4 is 12.4 Å². The predicted octanol–water partition coefficient (Wildman–Crippen LogP) is 2.56. The summed E-state index contributed by atoms with van der Waals surface area (Å²) in [6.45, 7) is -1.28. The molecule has 0 radical (unpaired) electrons. The molecule has 0 aromatic heterocycles. The molecule has 0 fully saturated rings. The number of carboxylic acid groups (broad SMARTS) is 1. The highest BCUT2D eigenvalue weighted by atomic mass is 35.5. The van der Waals surface area contributed by atoms with E-state index in [0.29, 0.717) is 23.9 Å². The monoisotopic (exact) mass is 438 g/mol. The Labute approximate surface area is 189 Å². The van der Waals surface area contributed by atoms with E-state index in [1.54, 1.807) is 0 Å². The zero-order valence-corrected chi connectivity index (χ0v) is 19.6. The summed E-state index contributed by atoms with van der Waals surface area (Å²) in [7, 11) is 5.85. The first-order valence-electron chi connectivity index (χ1n) is 12.6. The minimum Gasteiger partial charge on any atom is -1.00 e. The molecule has 0 unspecified atom stereocenters. The van der Waals surface area contributed by atoms with Crippen LogP contribution in [0.4, 0.5) is 0 Å². The van der Waals surface area contributed by atoms with Gasteiger partial charge < -0.3 is 26.7 Å². The Balaban J connectivity index is 0. The molecule has 6 heteroatoms. The topological polar surface area (TPSA) is 63.6 Å². The van der Waals surface area contributed by atoms with Crippen LogP contribution in [0.5, 0.6) is 0 Å². The zero-order valence-electron chi connectivity index (χ0n) is 21.9. The standard InChI is InChI=1S/C23H45NO4.ClH/c1-5-6-7-8-9-10-11-12-13-14-15-16-17-18-23(27)28-21(19-22(25)26)20-24(2,3)4;/h21H,5-20H2,1-4H3;1H/t21-;/m1./s1/i1D3;. The van der Waals surface area contributed by atoms with Gasteiger partial charge in [0.1, 0.15) is 6.54 Å². The molecule has 0 aliphatic carbocycles. The van der Waals surface area contributed by atoms with E-state index < -0.39 is 18.9 Å². The van der Waals surface area contributed by atoms with E-state index in [1.807, 2.05) is 21.1 Å². The van der Waals surface area contributed by atoms with E-state index in [9.17, 15) is 9.59 Å². The van der Waals surface area contributed by atoms with E-state index in [-0.39, 0.29) is 24.8 Å². The molecule has 1 N–H and O–H groups in total. The average Bonchev–Trinajstić information content (AvgIpc) is 2.59. The molecule has 0 rings (SSSR count). The lowest BCUT2D eigenvalue weighted by atomic mass is 10.0. The lowest BCUT2D eigenvalue weighted by Crippen LogP contribution is -3.00. The molecule has 0 spiro atoms. The summed E-state index contributed by atoms with van der Waals surface area (Å²) >= 11 is 0. The summed E-state index contributed by atoms with van der Waals surface area (Å²) < 4.78 is 27.5. The number of hydrogen-bond donors (Lipinski definition) is 1. The number of nitrogens with zero attached hydrogens (tertiary/aromatic N) is 1. The molecule has 0 aliphatic heterocycles. The highest BCUT2D eigenvalue weighted by molar-refractivity contribution is 5.71. The maximum absolute atomic E-state index is 12.0. The van der Waals surface area contributed by atoms with Crippen LogP contribution in [0.15, 0.2) is 0 Å². The molecular formula is C23H46ClNO4. The van der Waals surface area contributed by atoms with Crippen molar-refractivity contribution in [3.63, 3.8) is 0 Å². The van der Waals surface area contributed by atoms with Gasteiger partial charge in [0.2, 0.25) is 0 Å². The second-order valence-corrected chi connectivity index (χ2v) is 8.93. The Bertz CT molecular complexity index is 497. The molecule has 0 bridgehead atoms. The van der Waals surface area contributed by atoms with Crippen LogP contribution in [-0.2, 0) is 14.3 Å². The molecule has 0 saturated carbocycles. The summed E-state index contributed by atoms with van der Waals surface area (Å²) in [5.74, 6) is -1.24. The van der Waals surface area contributed by atoms with Gasteiger partial charge in [0.25, 0.3) is 0 Å². The first kappa shape index (κ1) is 24.5. The third-order valence-corrected chi connectivity index (χ3v) is 4.76. The molecule has 174 valence electrons. The molecule has 1 atom stereocenters. The fourth-order valence-corrected chi connectivity index (χ4v) is 3.36. The fourth-order valence-electron chi connectivity index (χ4n) is 3.36. The van der Waals surface area contributed by atoms with Gasteiger partial charge in [0.05, 0.1) is 27.6 Å². The summed E-state index contributed by atoms with van der Waals surface area (Å²) in [5.41, 5.74) is 0. The van der Waals surface area contributed by atoms with Crippen molar-refractivity contribution in [2.75, 3.05) is 27.7 Å². The maximum atomic E-state index is 12.0. The van der Waals surface area contributed by atoms with Gasteiger partial charge in [0.15, 0.2) is 6.10 Å². The van der Waals surface area contributed by atoms with Crippen molar-refractivity contribution in [3.8, 4) is 0 Å². The van der Waals surface area contributed by atoms with Crippen LogP contribution in [0.25, 0.3) is 0 Å². The van der Waals surface area contributed by atoms with Crippen LogP contribution in [0.1, 0.15) is 107 Å². The van der Waals surface area contributed by atoms with Crippen molar-refractivity contribution in [2.45, 2.75) is 109 Å². The predicted molar refractivity (Wildman–Crippen MR) is 115 cm³/mol. The van der Waals surface area contributed by atoms with E-state index in [0.717, 1.165) is 38.5 Å². The molecule has 0 aliphatic rings. The number of hydrogen-bond acceptors (Lipinski definition) is 3. The van der Waals surface area contributed by atoms with E-state index >= 15 is 0 Å². The Morgan fingerprint density at radius 3 is 1.72 bits per heavy atom. The number of halogens is 1. The second-order valence-electron chi connectivity index (χ2n) is 8.93. The SMILES string of the molecule is [2H]C([2H])([2H])CCCCCCCCCCCCCCC(=O)O[C@H](CC(=O)O)C[N+](C)(C)C.[Cl-]. The van der Waals surface area contributed by atoms with Gasteiger partial charge in [-0.25, -0.2) is 0 Å². The van der Waals surface area contributed by atoms with Gasteiger partial charge in [-0.1, -0.05) is 83.9 Å². The van der Waals surface area contributed by atoms with Crippen molar-refractivity contribution in [3.05, 3.63) is 0 Å². The normalized spacial score (nSPS) is 14.2. The minimum atomic E-state index is -1.77. The Morgan fingerprint density at radius 2 is 1.31 bits per heavy atom. The van der Waals surface area contributed by atoms with Gasteiger partial charge in [-0.15, -0.1) is 0 Å². The summed E-state index contributed by atoms with van der Waals surface area (Å²) in [6, 6.07) is 0. The number of rotatable bonds is 19. The lowest BCUT2D eigenvalue weighted by molar-refractivity contribution is -0.873. The number of carbonyl (C=O) groups excluding carboxylic acids is 1. The fraction of sp³-hybridized carbons (Fsp3) is 0.913. The number of carbonyl (C=O) groups is 2. The average molecular weight is 439 g/mol. The van der Waals surface area contributed by atoms with Crippen molar-refractivity contribution in [2.24, 2.45) is 0 Å². The van der Waals surface area contributed by atoms with Crippen LogP contribution >= 0.6 is 0 Å². The van der Waals surface area contributed by atoms with Gasteiger partial charge in [-0.05, 0) is 6.42 Å². The molecule has 0 saturated heterocycles. The third kappa shape index (κ3) is 23.3. The maximum Gasteiger partial charge on any atom is 0.307 e. The number of carboxylic acids is 1. The van der Waals surface area contributed by atoms with Crippen LogP contribution in [0.2, 0.25) is 0 Å². The summed E-state index contributed by atoms with van der Waals surface area (Å²) in [5, 5.41) is 9.00. The van der Waals surface area contributed by atoms with Crippen LogP contribution in [-0.4, -0.2) is 55.3 Å². The van der Waals surface area contributed by atoms with Gasteiger partial charge >= 0.3 is 11.9 Å². The third-order valence-electron chi connectivity index (χ3n) is 4.76. The molecule has 0 aromatic carbocycles. The van der Waals surface area contributed by atoms with Gasteiger partial charge in [-0.3, -0.25) is 9.59 Å². The van der Waals surface area contributed by atoms with E-state index in [1.165, 1.54) is 38.5 Å². The number of esters is 1. The Hall–Kier alpha value is -0.810. The number of unbranched alkanes of at least 4 members (excludes halogenated alkanes) is 11.